The largest absolute Gasteiger partial charge is 0.397 e. The van der Waals surface area contributed by atoms with E-state index in [2.05, 4.69) is 10.2 Å². The van der Waals surface area contributed by atoms with Crippen molar-refractivity contribution in [2.45, 2.75) is 13.0 Å². The number of likely N-dealkylation sites (N-methyl/N-ethyl adjacent to an activating group) is 1. The second-order valence-electron chi connectivity index (χ2n) is 4.16. The van der Waals surface area contributed by atoms with Crippen molar-refractivity contribution in [3.05, 3.63) is 23.0 Å². The Morgan fingerprint density at radius 1 is 1.50 bits per heavy atom. The lowest BCUT2D eigenvalue weighted by Crippen LogP contribution is -2.29. The summed E-state index contributed by atoms with van der Waals surface area (Å²) >= 11 is 5.69. The average Bonchev–Trinajstić information content (AvgIpc) is 2.12. The molecule has 0 heterocycles. The first-order valence-electron chi connectivity index (χ1n) is 5.06. The van der Waals surface area contributed by atoms with Crippen molar-refractivity contribution < 1.29 is 4.39 Å². The molecular weight excluding hydrogens is 229 g/mol. The summed E-state index contributed by atoms with van der Waals surface area (Å²) < 4.78 is 13.1. The normalized spacial score (nSPS) is 12.9. The molecule has 0 aliphatic heterocycles. The minimum atomic E-state index is -0.495. The highest BCUT2D eigenvalue weighted by Crippen LogP contribution is 2.26. The Labute approximate surface area is 100 Å². The fraction of sp³-hybridized carbons (Fsp3) is 0.455. The Hall–Kier alpha value is -1.00. The van der Waals surface area contributed by atoms with Crippen LogP contribution in [0.4, 0.5) is 15.8 Å². The highest BCUT2D eigenvalue weighted by atomic mass is 35.5. The molecule has 3 nitrogen and oxygen atoms in total. The van der Waals surface area contributed by atoms with Gasteiger partial charge in [-0.05, 0) is 27.1 Å². The maximum atomic E-state index is 13.1. The first-order chi connectivity index (χ1) is 7.40. The molecule has 16 heavy (non-hydrogen) atoms. The summed E-state index contributed by atoms with van der Waals surface area (Å²) in [6.45, 7) is 2.88. The van der Waals surface area contributed by atoms with Gasteiger partial charge in [-0.25, -0.2) is 4.39 Å². The van der Waals surface area contributed by atoms with Crippen LogP contribution in [0.15, 0.2) is 12.1 Å². The summed E-state index contributed by atoms with van der Waals surface area (Å²) in [6, 6.07) is 2.95. The molecule has 0 saturated heterocycles. The molecule has 0 aliphatic carbocycles. The molecule has 1 unspecified atom stereocenters. The van der Waals surface area contributed by atoms with Gasteiger partial charge < -0.3 is 16.0 Å². The van der Waals surface area contributed by atoms with E-state index in [4.69, 9.17) is 17.3 Å². The molecule has 0 spiro atoms. The number of hydrogen-bond donors (Lipinski definition) is 2. The average molecular weight is 246 g/mol. The van der Waals surface area contributed by atoms with E-state index in [1.54, 1.807) is 0 Å². The van der Waals surface area contributed by atoms with Gasteiger partial charge in [0.15, 0.2) is 0 Å². The molecule has 5 heteroatoms. The lowest BCUT2D eigenvalue weighted by atomic mass is 10.2. The van der Waals surface area contributed by atoms with Gasteiger partial charge in [0, 0.05) is 18.7 Å². The Kier molecular flexibility index (Phi) is 4.38. The van der Waals surface area contributed by atoms with E-state index in [0.717, 1.165) is 6.54 Å². The summed E-state index contributed by atoms with van der Waals surface area (Å²) in [5.41, 5.74) is 6.73. The number of benzene rings is 1. The van der Waals surface area contributed by atoms with Gasteiger partial charge in [-0.1, -0.05) is 11.6 Å². The summed E-state index contributed by atoms with van der Waals surface area (Å²) in [7, 11) is 3.97. The molecule has 90 valence electrons. The third-order valence-electron chi connectivity index (χ3n) is 2.13. The maximum Gasteiger partial charge on any atom is 0.143 e. The zero-order valence-corrected chi connectivity index (χ0v) is 10.5. The van der Waals surface area contributed by atoms with Gasteiger partial charge in [0.25, 0.3) is 0 Å². The van der Waals surface area contributed by atoms with Crippen LogP contribution in [0.25, 0.3) is 0 Å². The van der Waals surface area contributed by atoms with Gasteiger partial charge in [-0.3, -0.25) is 0 Å². The van der Waals surface area contributed by atoms with Crippen LogP contribution in [0.1, 0.15) is 6.92 Å². The fourth-order valence-electron chi connectivity index (χ4n) is 1.55. The highest BCUT2D eigenvalue weighted by Gasteiger charge is 2.09. The predicted octanol–water partition coefficient (Wildman–Crippen LogP) is 2.42. The number of anilines is 2. The van der Waals surface area contributed by atoms with E-state index in [1.807, 2.05) is 21.0 Å². The summed E-state index contributed by atoms with van der Waals surface area (Å²) in [6.07, 6.45) is 0. The Morgan fingerprint density at radius 2 is 2.12 bits per heavy atom. The van der Waals surface area contributed by atoms with Crippen molar-refractivity contribution in [2.75, 3.05) is 31.7 Å². The van der Waals surface area contributed by atoms with Crippen LogP contribution < -0.4 is 11.1 Å². The molecule has 3 N–H and O–H groups in total. The molecule has 0 fully saturated rings. The zero-order valence-electron chi connectivity index (χ0n) is 9.72. The second-order valence-corrected chi connectivity index (χ2v) is 4.57. The molecule has 1 atom stereocenters. The lowest BCUT2D eigenvalue weighted by Gasteiger charge is -2.20. The number of nitrogens with one attached hydrogen (secondary N) is 1. The van der Waals surface area contributed by atoms with Crippen LogP contribution in [0.2, 0.25) is 5.02 Å². The SMILES string of the molecule is CC(CN(C)C)Nc1cc(Cl)c(F)cc1N. The summed E-state index contributed by atoms with van der Waals surface area (Å²) in [4.78, 5) is 2.05. The Bertz CT molecular complexity index is 368. The quantitative estimate of drug-likeness (QED) is 0.801. The lowest BCUT2D eigenvalue weighted by molar-refractivity contribution is 0.392. The van der Waals surface area contributed by atoms with Crippen LogP contribution in [0, 0.1) is 5.82 Å². The van der Waals surface area contributed by atoms with E-state index >= 15 is 0 Å². The molecule has 0 saturated carbocycles. The Balaban J connectivity index is 2.77. The molecule has 0 radical (unpaired) electrons. The fourth-order valence-corrected chi connectivity index (χ4v) is 1.71. The van der Waals surface area contributed by atoms with Crippen molar-refractivity contribution >= 4 is 23.0 Å². The second kappa shape index (κ2) is 5.37. The van der Waals surface area contributed by atoms with Gasteiger partial charge in [-0.15, -0.1) is 0 Å². The van der Waals surface area contributed by atoms with Crippen molar-refractivity contribution in [1.29, 1.82) is 0 Å². The minimum Gasteiger partial charge on any atom is -0.397 e. The third-order valence-corrected chi connectivity index (χ3v) is 2.42. The van der Waals surface area contributed by atoms with Crippen molar-refractivity contribution in [2.24, 2.45) is 0 Å². The van der Waals surface area contributed by atoms with E-state index in [-0.39, 0.29) is 11.1 Å². The van der Waals surface area contributed by atoms with E-state index in [9.17, 15) is 4.39 Å². The standard InChI is InChI=1S/C11H17ClFN3/c1-7(6-16(2)3)15-11-4-8(12)9(13)5-10(11)14/h4-5,7,15H,6,14H2,1-3H3. The van der Waals surface area contributed by atoms with Crippen LogP contribution in [-0.2, 0) is 0 Å². The van der Waals surface area contributed by atoms with E-state index in [0.29, 0.717) is 11.4 Å². The number of halogens is 2. The monoisotopic (exact) mass is 245 g/mol. The summed E-state index contributed by atoms with van der Waals surface area (Å²) in [5.74, 6) is -0.495. The third kappa shape index (κ3) is 3.54. The van der Waals surface area contributed by atoms with Crippen LogP contribution >= 0.6 is 11.6 Å². The zero-order chi connectivity index (χ0) is 12.3. The van der Waals surface area contributed by atoms with E-state index < -0.39 is 5.82 Å². The topological polar surface area (TPSA) is 41.3 Å². The molecule has 0 amide bonds. The smallest absolute Gasteiger partial charge is 0.143 e. The van der Waals surface area contributed by atoms with Gasteiger partial charge in [-0.2, -0.15) is 0 Å². The van der Waals surface area contributed by atoms with E-state index in [1.165, 1.54) is 12.1 Å². The summed E-state index contributed by atoms with van der Waals surface area (Å²) in [5, 5.41) is 3.27. The Morgan fingerprint density at radius 3 is 2.69 bits per heavy atom. The van der Waals surface area contributed by atoms with Crippen LogP contribution in [0.3, 0.4) is 0 Å². The molecular formula is C11H17ClFN3. The maximum absolute atomic E-state index is 13.1. The number of nitrogen functional groups attached to an aromatic ring is 1. The molecule has 1 aromatic rings. The number of nitrogens with zero attached hydrogens (tertiary/aromatic N) is 1. The molecule has 1 rings (SSSR count). The minimum absolute atomic E-state index is 0.0775. The number of rotatable bonds is 4. The molecule has 0 bridgehead atoms. The number of hydrogen-bond acceptors (Lipinski definition) is 3. The van der Waals surface area contributed by atoms with Gasteiger partial charge in [0.1, 0.15) is 5.82 Å². The first kappa shape index (κ1) is 13.1. The van der Waals surface area contributed by atoms with Gasteiger partial charge >= 0.3 is 0 Å². The van der Waals surface area contributed by atoms with Crippen molar-refractivity contribution in [1.82, 2.24) is 4.90 Å². The van der Waals surface area contributed by atoms with Crippen LogP contribution in [-0.4, -0.2) is 31.6 Å². The molecule has 0 aliphatic rings. The molecule has 1 aromatic carbocycles. The van der Waals surface area contributed by atoms with Crippen molar-refractivity contribution in [3.63, 3.8) is 0 Å². The number of nitrogens with two attached hydrogens (primary N) is 1. The molecule has 0 aromatic heterocycles. The predicted molar refractivity (Wildman–Crippen MR) is 67.5 cm³/mol. The van der Waals surface area contributed by atoms with Gasteiger partial charge in [0.05, 0.1) is 16.4 Å². The van der Waals surface area contributed by atoms with Crippen LogP contribution in [0.5, 0.6) is 0 Å². The highest BCUT2D eigenvalue weighted by molar-refractivity contribution is 6.31. The first-order valence-corrected chi connectivity index (χ1v) is 5.43. The van der Waals surface area contributed by atoms with Gasteiger partial charge in [0.2, 0.25) is 0 Å². The van der Waals surface area contributed by atoms with Crippen molar-refractivity contribution in [3.8, 4) is 0 Å².